The number of hydrogen-bond donors (Lipinski definition) is 1. The van der Waals surface area contributed by atoms with Gasteiger partial charge in [-0.1, -0.05) is 48.6 Å². The molecule has 0 radical (unpaired) electrons. The number of alkyl halides is 3. The summed E-state index contributed by atoms with van der Waals surface area (Å²) in [4.78, 5) is 28.3. The Hall–Kier alpha value is -3.87. The molecule has 3 aromatic carbocycles. The molecule has 7 heteroatoms. The van der Waals surface area contributed by atoms with E-state index in [4.69, 9.17) is 0 Å². The molecule has 0 aromatic heterocycles. The van der Waals surface area contributed by atoms with Gasteiger partial charge in [-0.25, -0.2) is 0 Å². The maximum atomic E-state index is 13.2. The first-order valence-electron chi connectivity index (χ1n) is 12.9. The number of nitrogens with one attached hydrogen (secondary N) is 1. The van der Waals surface area contributed by atoms with Crippen LogP contribution in [0.25, 0.3) is 11.1 Å². The van der Waals surface area contributed by atoms with Crippen LogP contribution in [0.4, 0.5) is 18.9 Å². The molecule has 0 spiro atoms. The van der Waals surface area contributed by atoms with E-state index >= 15 is 0 Å². The third-order valence-electron chi connectivity index (χ3n) is 8.08. The minimum Gasteiger partial charge on any atom is -0.338 e. The summed E-state index contributed by atoms with van der Waals surface area (Å²) >= 11 is 0. The number of benzene rings is 3. The van der Waals surface area contributed by atoms with Gasteiger partial charge >= 0.3 is 6.18 Å². The van der Waals surface area contributed by atoms with Crippen molar-refractivity contribution in [3.8, 4) is 11.1 Å². The Kier molecular flexibility index (Phi) is 6.09. The molecular weight excluding hydrogens is 489 g/mol. The summed E-state index contributed by atoms with van der Waals surface area (Å²) < 4.78 is 38.9. The lowest BCUT2D eigenvalue weighted by molar-refractivity contribution is -0.138. The molecular formula is C31H27F3N2O2. The molecule has 1 saturated carbocycles. The number of amides is 2. The Labute approximate surface area is 219 Å². The van der Waals surface area contributed by atoms with Gasteiger partial charge in [0.1, 0.15) is 0 Å². The van der Waals surface area contributed by atoms with Gasteiger partial charge in [0.05, 0.1) is 5.56 Å². The number of allylic oxidation sites excluding steroid dienone is 2. The molecule has 3 unspecified atom stereocenters. The van der Waals surface area contributed by atoms with Crippen LogP contribution in [0, 0.1) is 17.8 Å². The van der Waals surface area contributed by atoms with Crippen LogP contribution in [-0.2, 0) is 23.9 Å². The number of carbonyl (C=O) groups excluding carboxylic acids is 2. The number of hydrogen-bond acceptors (Lipinski definition) is 2. The fraction of sp³-hybridized carbons (Fsp3) is 0.290. The van der Waals surface area contributed by atoms with E-state index in [-0.39, 0.29) is 17.7 Å². The van der Waals surface area contributed by atoms with Gasteiger partial charge in [0.25, 0.3) is 5.91 Å². The van der Waals surface area contributed by atoms with Gasteiger partial charge in [-0.05, 0) is 83.7 Å². The molecule has 0 saturated heterocycles. The molecule has 2 amide bonds. The number of rotatable bonds is 4. The van der Waals surface area contributed by atoms with Crippen LogP contribution in [0.5, 0.6) is 0 Å². The third-order valence-corrected chi connectivity index (χ3v) is 8.08. The number of nitrogens with zero attached hydrogens (tertiary/aromatic N) is 1. The Morgan fingerprint density at radius 1 is 0.895 bits per heavy atom. The lowest BCUT2D eigenvalue weighted by Crippen LogP contribution is -2.40. The Bertz CT molecular complexity index is 1430. The summed E-state index contributed by atoms with van der Waals surface area (Å²) in [6, 6.07) is 17.4. The van der Waals surface area contributed by atoms with Crippen LogP contribution in [0.15, 0.2) is 78.9 Å². The molecule has 3 atom stereocenters. The first-order chi connectivity index (χ1) is 18.3. The fourth-order valence-corrected chi connectivity index (χ4v) is 6.09. The number of anilines is 1. The summed E-state index contributed by atoms with van der Waals surface area (Å²) in [5.41, 5.74) is 3.58. The topological polar surface area (TPSA) is 49.4 Å². The first kappa shape index (κ1) is 24.5. The van der Waals surface area contributed by atoms with Gasteiger partial charge in [0.2, 0.25) is 5.91 Å². The summed E-state index contributed by atoms with van der Waals surface area (Å²) in [5, 5.41) is 2.94. The second-order valence-corrected chi connectivity index (χ2v) is 10.5. The molecule has 6 rings (SSSR count). The average Bonchev–Trinajstić information content (AvgIpc) is 3.56. The zero-order chi connectivity index (χ0) is 26.4. The molecule has 1 aliphatic heterocycles. The number of halogens is 3. The van der Waals surface area contributed by atoms with Crippen LogP contribution in [0.1, 0.15) is 39.9 Å². The van der Waals surface area contributed by atoms with Gasteiger partial charge in [0.15, 0.2) is 0 Å². The molecule has 3 aliphatic rings. The van der Waals surface area contributed by atoms with E-state index in [0.29, 0.717) is 47.3 Å². The third kappa shape index (κ3) is 4.62. The van der Waals surface area contributed by atoms with Crippen LogP contribution in [0.2, 0.25) is 0 Å². The van der Waals surface area contributed by atoms with Crippen LogP contribution in [0.3, 0.4) is 0 Å². The minimum absolute atomic E-state index is 0.106. The van der Waals surface area contributed by atoms with E-state index in [1.807, 2.05) is 23.1 Å². The fourth-order valence-electron chi connectivity index (χ4n) is 6.09. The van der Waals surface area contributed by atoms with Gasteiger partial charge in [0, 0.05) is 30.3 Å². The van der Waals surface area contributed by atoms with Crippen molar-refractivity contribution >= 4 is 17.5 Å². The maximum absolute atomic E-state index is 13.2. The van der Waals surface area contributed by atoms with E-state index < -0.39 is 11.7 Å². The van der Waals surface area contributed by atoms with Gasteiger partial charge in [-0.2, -0.15) is 13.2 Å². The highest BCUT2D eigenvalue weighted by atomic mass is 19.4. The van der Waals surface area contributed by atoms with Crippen LogP contribution in [-0.4, -0.2) is 23.3 Å². The Morgan fingerprint density at radius 3 is 2.39 bits per heavy atom. The van der Waals surface area contributed by atoms with Crippen molar-refractivity contribution in [2.45, 2.75) is 32.0 Å². The predicted octanol–water partition coefficient (Wildman–Crippen LogP) is 6.72. The van der Waals surface area contributed by atoms with Crippen LogP contribution >= 0.6 is 0 Å². The molecule has 4 nitrogen and oxygen atoms in total. The lowest BCUT2D eigenvalue weighted by atomic mass is 9.90. The Balaban J connectivity index is 1.16. The molecule has 1 N–H and O–H groups in total. The van der Waals surface area contributed by atoms with Crippen molar-refractivity contribution in [2.75, 3.05) is 11.9 Å². The van der Waals surface area contributed by atoms with E-state index in [1.165, 1.54) is 12.1 Å². The largest absolute Gasteiger partial charge is 0.416 e. The molecule has 2 aliphatic carbocycles. The van der Waals surface area contributed by atoms with Crippen molar-refractivity contribution in [3.05, 3.63) is 101 Å². The second-order valence-electron chi connectivity index (χ2n) is 10.5. The van der Waals surface area contributed by atoms with Crippen molar-refractivity contribution < 1.29 is 22.8 Å². The molecule has 2 bridgehead atoms. The highest BCUT2D eigenvalue weighted by Gasteiger charge is 2.41. The number of carbonyl (C=O) groups is 2. The average molecular weight is 517 g/mol. The van der Waals surface area contributed by atoms with E-state index in [9.17, 15) is 22.8 Å². The van der Waals surface area contributed by atoms with Crippen molar-refractivity contribution in [2.24, 2.45) is 17.8 Å². The number of fused-ring (bicyclic) bond motifs is 3. The van der Waals surface area contributed by atoms with Crippen molar-refractivity contribution in [1.29, 1.82) is 0 Å². The zero-order valence-electron chi connectivity index (χ0n) is 20.7. The van der Waals surface area contributed by atoms with E-state index in [2.05, 4.69) is 17.5 Å². The normalized spacial score (nSPS) is 21.9. The van der Waals surface area contributed by atoms with Gasteiger partial charge < -0.3 is 10.2 Å². The van der Waals surface area contributed by atoms with E-state index in [0.717, 1.165) is 42.5 Å². The summed E-state index contributed by atoms with van der Waals surface area (Å²) in [5.74, 6) is 0.968. The minimum atomic E-state index is -4.42. The molecule has 38 heavy (non-hydrogen) atoms. The highest BCUT2D eigenvalue weighted by Crippen LogP contribution is 2.44. The molecule has 1 fully saturated rings. The molecule has 1 heterocycles. The Morgan fingerprint density at radius 2 is 1.68 bits per heavy atom. The predicted molar refractivity (Wildman–Crippen MR) is 139 cm³/mol. The molecule has 3 aromatic rings. The van der Waals surface area contributed by atoms with Gasteiger partial charge in [-0.15, -0.1) is 0 Å². The highest BCUT2D eigenvalue weighted by molar-refractivity contribution is 6.08. The SMILES string of the molecule is O=C(Nc1ccc2c(c1)CCN(C(=O)C1CC3C=CC1C3)C2)c1ccccc1-c1ccc(C(F)(F)F)cc1. The van der Waals surface area contributed by atoms with Crippen molar-refractivity contribution in [1.82, 2.24) is 4.90 Å². The summed E-state index contributed by atoms with van der Waals surface area (Å²) in [6.07, 6.45) is 2.83. The van der Waals surface area contributed by atoms with Crippen LogP contribution < -0.4 is 5.32 Å². The smallest absolute Gasteiger partial charge is 0.338 e. The second kappa shape index (κ2) is 9.46. The quantitative estimate of drug-likeness (QED) is 0.392. The summed E-state index contributed by atoms with van der Waals surface area (Å²) in [6.45, 7) is 1.24. The molecule has 194 valence electrons. The van der Waals surface area contributed by atoms with E-state index in [1.54, 1.807) is 24.3 Å². The maximum Gasteiger partial charge on any atom is 0.416 e. The monoisotopic (exact) mass is 516 g/mol. The zero-order valence-corrected chi connectivity index (χ0v) is 20.7. The lowest BCUT2D eigenvalue weighted by Gasteiger charge is -2.32. The summed E-state index contributed by atoms with van der Waals surface area (Å²) in [7, 11) is 0. The van der Waals surface area contributed by atoms with Crippen molar-refractivity contribution in [3.63, 3.8) is 0 Å². The first-order valence-corrected chi connectivity index (χ1v) is 12.9. The standard InChI is InChI=1S/C31H27F3N2O2/c32-31(33,34)24-10-7-20(8-11-24)26-3-1-2-4-27(26)29(37)35-25-12-9-23-18-36(14-13-21(23)17-25)30(38)28-16-19-5-6-22(28)15-19/h1-12,17,19,22,28H,13-16,18H2,(H,35,37). The van der Waals surface area contributed by atoms with Gasteiger partial charge in [-0.3, -0.25) is 9.59 Å².